The van der Waals surface area contributed by atoms with E-state index in [1.54, 1.807) is 0 Å². The molecule has 0 aliphatic carbocycles. The fourth-order valence-electron chi connectivity index (χ4n) is 1.89. The first kappa shape index (κ1) is 13.8. The molecule has 0 radical (unpaired) electrons. The largest absolute Gasteiger partial charge is 0.315 e. The lowest BCUT2D eigenvalue weighted by Gasteiger charge is -2.23. The van der Waals surface area contributed by atoms with Crippen molar-refractivity contribution < 1.29 is 12.8 Å². The van der Waals surface area contributed by atoms with Crippen molar-refractivity contribution >= 4 is 31.6 Å². The van der Waals surface area contributed by atoms with Crippen LogP contribution in [0.2, 0.25) is 0 Å². The highest BCUT2D eigenvalue weighted by molar-refractivity contribution is 9.10. The summed E-state index contributed by atoms with van der Waals surface area (Å²) in [5, 5.41) is 2.59. The van der Waals surface area contributed by atoms with Gasteiger partial charge in [0.2, 0.25) is 10.0 Å². The zero-order valence-corrected chi connectivity index (χ0v) is 12.0. The number of halogens is 2. The molecule has 0 amide bonds. The Bertz CT molecular complexity index is 530. The monoisotopic (exact) mass is 336 g/mol. The van der Waals surface area contributed by atoms with Crippen molar-refractivity contribution in [2.24, 2.45) is 0 Å². The molecular formula is C11H14BrFN2O2S. The van der Waals surface area contributed by atoms with Crippen LogP contribution in [-0.4, -0.2) is 26.8 Å². The van der Waals surface area contributed by atoms with Gasteiger partial charge in [-0.3, -0.25) is 4.72 Å². The van der Waals surface area contributed by atoms with Crippen molar-refractivity contribution in [2.75, 3.05) is 17.8 Å². The minimum absolute atomic E-state index is 0.251. The van der Waals surface area contributed by atoms with Crippen LogP contribution in [0.1, 0.15) is 12.8 Å². The number of nitrogens with one attached hydrogen (secondary N) is 2. The Kier molecular flexibility index (Phi) is 4.24. The van der Waals surface area contributed by atoms with E-state index in [0.29, 0.717) is 17.4 Å². The predicted octanol–water partition coefficient (Wildman–Crippen LogP) is 2.08. The van der Waals surface area contributed by atoms with Crippen LogP contribution in [0.15, 0.2) is 22.7 Å². The third-order valence-corrected chi connectivity index (χ3v) is 5.31. The second kappa shape index (κ2) is 5.54. The van der Waals surface area contributed by atoms with Gasteiger partial charge in [0, 0.05) is 6.54 Å². The maximum absolute atomic E-state index is 13.3. The first-order chi connectivity index (χ1) is 8.49. The number of anilines is 1. The zero-order valence-electron chi connectivity index (χ0n) is 9.62. The van der Waals surface area contributed by atoms with Gasteiger partial charge in [0.25, 0.3) is 0 Å². The van der Waals surface area contributed by atoms with E-state index in [4.69, 9.17) is 0 Å². The van der Waals surface area contributed by atoms with Crippen LogP contribution in [0.5, 0.6) is 0 Å². The van der Waals surface area contributed by atoms with Gasteiger partial charge in [-0.1, -0.05) is 0 Å². The topological polar surface area (TPSA) is 58.2 Å². The molecule has 4 nitrogen and oxygen atoms in total. The molecule has 1 heterocycles. The summed E-state index contributed by atoms with van der Waals surface area (Å²) >= 11 is 3.02. The van der Waals surface area contributed by atoms with Gasteiger partial charge in [0.1, 0.15) is 5.82 Å². The van der Waals surface area contributed by atoms with Crippen molar-refractivity contribution in [2.45, 2.75) is 18.1 Å². The number of sulfonamides is 1. The van der Waals surface area contributed by atoms with Crippen LogP contribution < -0.4 is 10.0 Å². The molecule has 0 bridgehead atoms. The van der Waals surface area contributed by atoms with Gasteiger partial charge in [-0.15, -0.1) is 0 Å². The van der Waals surface area contributed by atoms with E-state index in [2.05, 4.69) is 26.0 Å². The minimum Gasteiger partial charge on any atom is -0.315 e. The highest BCUT2D eigenvalue weighted by atomic mass is 79.9. The summed E-state index contributed by atoms with van der Waals surface area (Å²) in [7, 11) is -3.46. The number of hydrogen-bond donors (Lipinski definition) is 2. The van der Waals surface area contributed by atoms with E-state index in [-0.39, 0.29) is 5.69 Å². The molecule has 18 heavy (non-hydrogen) atoms. The van der Waals surface area contributed by atoms with Crippen LogP contribution in [-0.2, 0) is 10.0 Å². The van der Waals surface area contributed by atoms with E-state index >= 15 is 0 Å². The third kappa shape index (κ3) is 3.21. The SMILES string of the molecule is O=S(=O)(Nc1ccc(Br)c(F)c1)C1CCCNC1. The summed E-state index contributed by atoms with van der Waals surface area (Å²) in [6, 6.07) is 4.17. The first-order valence-electron chi connectivity index (χ1n) is 5.66. The van der Waals surface area contributed by atoms with E-state index < -0.39 is 21.1 Å². The molecule has 1 aliphatic heterocycles. The molecule has 0 spiro atoms. The van der Waals surface area contributed by atoms with Gasteiger partial charge in [-0.25, -0.2) is 12.8 Å². The number of rotatable bonds is 3. The summed E-state index contributed by atoms with van der Waals surface area (Å²) in [6.45, 7) is 1.28. The van der Waals surface area contributed by atoms with Crippen LogP contribution >= 0.6 is 15.9 Å². The molecule has 2 rings (SSSR count). The lowest BCUT2D eigenvalue weighted by Crippen LogP contribution is -2.41. The molecule has 1 aromatic rings. The lowest BCUT2D eigenvalue weighted by molar-refractivity contribution is 0.499. The maximum Gasteiger partial charge on any atom is 0.236 e. The Hall–Kier alpha value is -0.660. The van der Waals surface area contributed by atoms with Crippen molar-refractivity contribution in [3.8, 4) is 0 Å². The summed E-state index contributed by atoms with van der Waals surface area (Å²) < 4.78 is 40.2. The normalized spacial score (nSPS) is 20.7. The van der Waals surface area contributed by atoms with E-state index in [1.165, 1.54) is 12.1 Å². The molecule has 1 fully saturated rings. The quantitative estimate of drug-likeness (QED) is 0.888. The molecule has 0 aromatic heterocycles. The molecule has 1 atom stereocenters. The third-order valence-electron chi connectivity index (χ3n) is 2.87. The highest BCUT2D eigenvalue weighted by Crippen LogP contribution is 2.22. The molecule has 2 N–H and O–H groups in total. The second-order valence-corrected chi connectivity index (χ2v) is 7.06. The second-order valence-electron chi connectivity index (χ2n) is 4.24. The molecule has 7 heteroatoms. The molecule has 1 aliphatic rings. The van der Waals surface area contributed by atoms with Gasteiger partial charge < -0.3 is 5.32 Å². The highest BCUT2D eigenvalue weighted by Gasteiger charge is 2.27. The Morgan fingerprint density at radius 3 is 2.83 bits per heavy atom. The Balaban J connectivity index is 2.13. The van der Waals surface area contributed by atoms with Gasteiger partial charge in [-0.2, -0.15) is 0 Å². The Labute approximate surface area is 114 Å². The molecule has 0 saturated carbocycles. The summed E-state index contributed by atoms with van der Waals surface area (Å²) in [5.74, 6) is -0.489. The van der Waals surface area contributed by atoms with Crippen LogP contribution in [0.3, 0.4) is 0 Å². The van der Waals surface area contributed by atoms with E-state index in [0.717, 1.165) is 19.0 Å². The molecule has 1 unspecified atom stereocenters. The summed E-state index contributed by atoms with van der Waals surface area (Å²) in [4.78, 5) is 0. The average molecular weight is 337 g/mol. The van der Waals surface area contributed by atoms with Crippen molar-refractivity contribution in [3.63, 3.8) is 0 Å². The minimum atomic E-state index is -3.46. The molecule has 1 saturated heterocycles. The molecular weight excluding hydrogens is 323 g/mol. The fourth-order valence-corrected chi connectivity index (χ4v) is 3.57. The van der Waals surface area contributed by atoms with Gasteiger partial charge in [-0.05, 0) is 53.5 Å². The van der Waals surface area contributed by atoms with E-state index in [9.17, 15) is 12.8 Å². The maximum atomic E-state index is 13.3. The van der Waals surface area contributed by atoms with E-state index in [1.807, 2.05) is 0 Å². The van der Waals surface area contributed by atoms with Gasteiger partial charge in [0.15, 0.2) is 0 Å². The zero-order chi connectivity index (χ0) is 13.2. The van der Waals surface area contributed by atoms with Crippen LogP contribution in [0.4, 0.5) is 10.1 Å². The fraction of sp³-hybridized carbons (Fsp3) is 0.455. The number of hydrogen-bond acceptors (Lipinski definition) is 3. The van der Waals surface area contributed by atoms with Crippen LogP contribution in [0.25, 0.3) is 0 Å². The van der Waals surface area contributed by atoms with Gasteiger partial charge >= 0.3 is 0 Å². The lowest BCUT2D eigenvalue weighted by atomic mass is 10.2. The average Bonchev–Trinajstić information content (AvgIpc) is 2.35. The smallest absolute Gasteiger partial charge is 0.236 e. The molecule has 100 valence electrons. The Morgan fingerprint density at radius 2 is 2.22 bits per heavy atom. The first-order valence-corrected chi connectivity index (χ1v) is 8.00. The van der Waals surface area contributed by atoms with Gasteiger partial charge in [0.05, 0.1) is 15.4 Å². The van der Waals surface area contributed by atoms with Crippen LogP contribution in [0, 0.1) is 5.82 Å². The molecule has 1 aromatic carbocycles. The summed E-state index contributed by atoms with van der Waals surface area (Å²) in [5.41, 5.74) is 0.251. The van der Waals surface area contributed by atoms with Crippen molar-refractivity contribution in [1.82, 2.24) is 5.32 Å². The predicted molar refractivity (Wildman–Crippen MR) is 72.5 cm³/mol. The number of piperidine rings is 1. The number of benzene rings is 1. The standard InChI is InChI=1S/C11H14BrFN2O2S/c12-10-4-3-8(6-11(10)13)15-18(16,17)9-2-1-5-14-7-9/h3-4,6,9,14-15H,1-2,5,7H2. The Morgan fingerprint density at radius 1 is 1.44 bits per heavy atom. The van der Waals surface area contributed by atoms with Crippen molar-refractivity contribution in [3.05, 3.63) is 28.5 Å². The summed E-state index contributed by atoms with van der Waals surface area (Å²) in [6.07, 6.45) is 1.46. The van der Waals surface area contributed by atoms with Crippen molar-refractivity contribution in [1.29, 1.82) is 0 Å².